The van der Waals surface area contributed by atoms with Crippen LogP contribution in [0.25, 0.3) is 0 Å². The number of hydrogen-bond acceptors (Lipinski definition) is 4. The minimum Gasteiger partial charge on any atom is -0.490 e. The van der Waals surface area contributed by atoms with Crippen molar-refractivity contribution in [1.82, 2.24) is 5.32 Å². The number of amides is 1. The molecule has 0 spiro atoms. The number of carbonyl (C=O) groups excluding carboxylic acids is 2. The molecule has 4 rings (SSSR count). The van der Waals surface area contributed by atoms with Crippen molar-refractivity contribution in [1.29, 1.82) is 0 Å². The monoisotopic (exact) mass is 511 g/mol. The molecule has 33 heavy (non-hydrogen) atoms. The van der Waals surface area contributed by atoms with Crippen LogP contribution in [0.15, 0.2) is 52.1 Å². The molecule has 5 nitrogen and oxygen atoms in total. The predicted molar refractivity (Wildman–Crippen MR) is 132 cm³/mol. The van der Waals surface area contributed by atoms with E-state index in [0.29, 0.717) is 37.6 Å². The van der Waals surface area contributed by atoms with Crippen LogP contribution in [-0.2, 0) is 16.0 Å². The Morgan fingerprint density at radius 1 is 0.939 bits per heavy atom. The summed E-state index contributed by atoms with van der Waals surface area (Å²) in [5.74, 6) is 1.09. The fourth-order valence-electron chi connectivity index (χ4n) is 4.84. The summed E-state index contributed by atoms with van der Waals surface area (Å²) >= 11 is 3.60. The SMILES string of the molecule is CCOc1cc(C2CC(=O)NC3=C2C(=O)CC(c2ccc(CC)cc2)C3)cc(Br)c1OCC. The number of ether oxygens (including phenoxy) is 2. The maximum absolute atomic E-state index is 13.4. The van der Waals surface area contributed by atoms with Gasteiger partial charge in [0, 0.05) is 30.0 Å². The topological polar surface area (TPSA) is 64.6 Å². The summed E-state index contributed by atoms with van der Waals surface area (Å²) in [5.41, 5.74) is 4.80. The number of benzene rings is 2. The molecule has 2 unspecified atom stereocenters. The van der Waals surface area contributed by atoms with Crippen LogP contribution in [0.5, 0.6) is 11.5 Å². The van der Waals surface area contributed by atoms with Crippen LogP contribution in [0, 0.1) is 0 Å². The first kappa shape index (κ1) is 23.6. The maximum atomic E-state index is 13.4. The molecule has 0 saturated carbocycles. The number of hydrogen-bond donors (Lipinski definition) is 1. The van der Waals surface area contributed by atoms with Crippen molar-refractivity contribution in [2.75, 3.05) is 13.2 Å². The first-order chi connectivity index (χ1) is 15.9. The van der Waals surface area contributed by atoms with E-state index < -0.39 is 0 Å². The second kappa shape index (κ2) is 10.1. The molecule has 1 heterocycles. The van der Waals surface area contributed by atoms with Crippen LogP contribution in [0.3, 0.4) is 0 Å². The molecular weight excluding hydrogens is 482 g/mol. The lowest BCUT2D eigenvalue weighted by atomic mass is 9.73. The van der Waals surface area contributed by atoms with Crippen molar-refractivity contribution in [3.8, 4) is 11.5 Å². The Kier molecular flexibility index (Phi) is 7.23. The zero-order valence-corrected chi connectivity index (χ0v) is 21.0. The Hall–Kier alpha value is -2.60. The Balaban J connectivity index is 1.70. The van der Waals surface area contributed by atoms with Crippen molar-refractivity contribution >= 4 is 27.6 Å². The van der Waals surface area contributed by atoms with Crippen molar-refractivity contribution in [3.63, 3.8) is 0 Å². The second-order valence-corrected chi connectivity index (χ2v) is 9.37. The average molecular weight is 512 g/mol. The van der Waals surface area contributed by atoms with Crippen LogP contribution >= 0.6 is 15.9 Å². The molecule has 0 fully saturated rings. The van der Waals surface area contributed by atoms with Crippen LogP contribution in [0.2, 0.25) is 0 Å². The number of Topliss-reactive ketones (excluding diaryl/α,β-unsaturated/α-hetero) is 1. The molecule has 0 saturated heterocycles. The van der Waals surface area contributed by atoms with Crippen molar-refractivity contribution in [2.45, 2.75) is 58.3 Å². The van der Waals surface area contributed by atoms with E-state index in [-0.39, 0.29) is 29.9 Å². The van der Waals surface area contributed by atoms with Gasteiger partial charge < -0.3 is 14.8 Å². The van der Waals surface area contributed by atoms with Gasteiger partial charge in [-0.05, 0) is 77.4 Å². The summed E-state index contributed by atoms with van der Waals surface area (Å²) in [6, 6.07) is 12.3. The molecule has 2 aliphatic rings. The molecule has 1 aliphatic carbocycles. The largest absolute Gasteiger partial charge is 0.490 e. The van der Waals surface area contributed by atoms with E-state index in [1.165, 1.54) is 5.56 Å². The molecule has 0 radical (unpaired) electrons. The van der Waals surface area contributed by atoms with Gasteiger partial charge in [0.05, 0.1) is 17.7 Å². The molecular formula is C27H30BrNO4. The van der Waals surface area contributed by atoms with Gasteiger partial charge in [-0.3, -0.25) is 9.59 Å². The first-order valence-electron chi connectivity index (χ1n) is 11.7. The van der Waals surface area contributed by atoms with Gasteiger partial charge in [0.15, 0.2) is 17.3 Å². The van der Waals surface area contributed by atoms with Crippen molar-refractivity contribution < 1.29 is 19.1 Å². The van der Waals surface area contributed by atoms with Crippen LogP contribution in [0.1, 0.15) is 68.6 Å². The third-order valence-electron chi connectivity index (χ3n) is 6.42. The Morgan fingerprint density at radius 3 is 2.33 bits per heavy atom. The lowest BCUT2D eigenvalue weighted by molar-refractivity contribution is -0.122. The van der Waals surface area contributed by atoms with E-state index in [1.807, 2.05) is 26.0 Å². The van der Waals surface area contributed by atoms with Gasteiger partial charge >= 0.3 is 0 Å². The van der Waals surface area contributed by atoms with Gasteiger partial charge in [-0.25, -0.2) is 0 Å². The van der Waals surface area contributed by atoms with Crippen LogP contribution < -0.4 is 14.8 Å². The van der Waals surface area contributed by atoms with E-state index in [9.17, 15) is 9.59 Å². The molecule has 1 amide bonds. The van der Waals surface area contributed by atoms with Gasteiger partial charge in [0.1, 0.15) is 0 Å². The predicted octanol–water partition coefficient (Wildman–Crippen LogP) is 5.81. The highest BCUT2D eigenvalue weighted by Crippen LogP contribution is 2.46. The van der Waals surface area contributed by atoms with Gasteiger partial charge in [-0.15, -0.1) is 0 Å². The molecule has 2 aromatic rings. The summed E-state index contributed by atoms with van der Waals surface area (Å²) in [6.07, 6.45) is 2.34. The van der Waals surface area contributed by atoms with E-state index >= 15 is 0 Å². The molecule has 0 aromatic heterocycles. The third kappa shape index (κ3) is 4.86. The van der Waals surface area contributed by atoms with E-state index in [0.717, 1.165) is 33.3 Å². The first-order valence-corrected chi connectivity index (χ1v) is 12.5. The van der Waals surface area contributed by atoms with Gasteiger partial charge in [-0.1, -0.05) is 31.2 Å². The smallest absolute Gasteiger partial charge is 0.225 e. The summed E-state index contributed by atoms with van der Waals surface area (Å²) in [7, 11) is 0. The lowest BCUT2D eigenvalue weighted by Gasteiger charge is -2.34. The highest BCUT2D eigenvalue weighted by atomic mass is 79.9. The second-order valence-electron chi connectivity index (χ2n) is 8.52. The van der Waals surface area contributed by atoms with E-state index in [4.69, 9.17) is 9.47 Å². The number of rotatable bonds is 7. The number of ketones is 1. The summed E-state index contributed by atoms with van der Waals surface area (Å²) in [6.45, 7) is 6.98. The fourth-order valence-corrected chi connectivity index (χ4v) is 5.42. The molecule has 6 heteroatoms. The van der Waals surface area contributed by atoms with E-state index in [1.54, 1.807) is 0 Å². The third-order valence-corrected chi connectivity index (χ3v) is 7.01. The zero-order valence-electron chi connectivity index (χ0n) is 19.4. The number of carbonyl (C=O) groups is 2. The quantitative estimate of drug-likeness (QED) is 0.509. The van der Waals surface area contributed by atoms with Crippen LogP contribution in [0.4, 0.5) is 0 Å². The minimum atomic E-state index is -0.296. The number of halogens is 1. The molecule has 174 valence electrons. The maximum Gasteiger partial charge on any atom is 0.225 e. The van der Waals surface area contributed by atoms with Crippen molar-refractivity contribution in [3.05, 3.63) is 68.8 Å². The number of aryl methyl sites for hydroxylation is 1. The Bertz CT molecular complexity index is 1090. The standard InChI is InChI=1S/C27H30BrNO4/c1-4-16-7-9-17(10-8-16)18-12-22-26(23(30)13-18)20(15-25(31)29-22)19-11-21(28)27(33-6-3)24(14-19)32-5-2/h7-11,14,18,20H,4-6,12-13,15H2,1-3H3,(H,29,31). The van der Waals surface area contributed by atoms with E-state index in [2.05, 4.69) is 52.4 Å². The highest BCUT2D eigenvalue weighted by Gasteiger charge is 2.38. The van der Waals surface area contributed by atoms with Gasteiger partial charge in [-0.2, -0.15) is 0 Å². The minimum absolute atomic E-state index is 0.0588. The lowest BCUT2D eigenvalue weighted by Crippen LogP contribution is -2.38. The van der Waals surface area contributed by atoms with Gasteiger partial charge in [0.25, 0.3) is 0 Å². The zero-order chi connectivity index (χ0) is 23.5. The number of nitrogens with one attached hydrogen (secondary N) is 1. The molecule has 2 atom stereocenters. The average Bonchev–Trinajstić information content (AvgIpc) is 2.80. The molecule has 1 aliphatic heterocycles. The molecule has 0 bridgehead atoms. The Labute approximate surface area is 203 Å². The normalized spacial score (nSPS) is 20.4. The fraction of sp³-hybridized carbons (Fsp3) is 0.407. The molecule has 2 aromatic carbocycles. The molecule has 1 N–H and O–H groups in total. The Morgan fingerprint density at radius 2 is 1.67 bits per heavy atom. The summed E-state index contributed by atoms with van der Waals surface area (Å²) < 4.78 is 12.3. The van der Waals surface area contributed by atoms with Crippen molar-refractivity contribution in [2.24, 2.45) is 0 Å². The van der Waals surface area contributed by atoms with Crippen LogP contribution in [-0.4, -0.2) is 24.9 Å². The number of allylic oxidation sites excluding steroid dienone is 2. The highest BCUT2D eigenvalue weighted by molar-refractivity contribution is 9.10. The summed E-state index contributed by atoms with van der Waals surface area (Å²) in [5, 5.41) is 3.01. The summed E-state index contributed by atoms with van der Waals surface area (Å²) in [4.78, 5) is 26.1. The van der Waals surface area contributed by atoms with Gasteiger partial charge in [0.2, 0.25) is 5.91 Å².